The molecule has 1 N–H and O–H groups in total. The van der Waals surface area contributed by atoms with Crippen LogP contribution in [0.15, 0.2) is 30.3 Å². The SMILES string of the molecule is CC1CN(C)CCN1CCNCc1ccccc1. The molecule has 1 fully saturated rings. The van der Waals surface area contributed by atoms with Crippen molar-refractivity contribution in [1.29, 1.82) is 0 Å². The van der Waals surface area contributed by atoms with Crippen molar-refractivity contribution in [3.8, 4) is 0 Å². The molecule has 1 saturated heterocycles. The Morgan fingerprint density at radius 3 is 2.72 bits per heavy atom. The summed E-state index contributed by atoms with van der Waals surface area (Å²) in [6.07, 6.45) is 0. The van der Waals surface area contributed by atoms with Crippen LogP contribution in [0.3, 0.4) is 0 Å². The van der Waals surface area contributed by atoms with Gasteiger partial charge in [0.25, 0.3) is 0 Å². The van der Waals surface area contributed by atoms with Crippen molar-refractivity contribution in [2.75, 3.05) is 39.8 Å². The molecule has 1 unspecified atom stereocenters. The summed E-state index contributed by atoms with van der Waals surface area (Å²) in [5.74, 6) is 0. The van der Waals surface area contributed by atoms with E-state index in [2.05, 4.69) is 59.4 Å². The van der Waals surface area contributed by atoms with Gasteiger partial charge in [-0.3, -0.25) is 4.90 Å². The van der Waals surface area contributed by atoms with E-state index in [1.807, 2.05) is 0 Å². The Balaban J connectivity index is 1.64. The molecule has 0 spiro atoms. The number of benzene rings is 1. The molecule has 18 heavy (non-hydrogen) atoms. The van der Waals surface area contributed by atoms with Gasteiger partial charge in [0, 0.05) is 45.3 Å². The first-order valence-corrected chi connectivity index (χ1v) is 6.93. The molecule has 0 saturated carbocycles. The molecule has 0 amide bonds. The summed E-state index contributed by atoms with van der Waals surface area (Å²) >= 11 is 0. The highest BCUT2D eigenvalue weighted by Gasteiger charge is 2.20. The minimum atomic E-state index is 0.683. The highest BCUT2D eigenvalue weighted by molar-refractivity contribution is 5.14. The smallest absolute Gasteiger partial charge is 0.0206 e. The Hall–Kier alpha value is -0.900. The second-order valence-electron chi connectivity index (χ2n) is 5.31. The lowest BCUT2D eigenvalue weighted by Gasteiger charge is -2.38. The van der Waals surface area contributed by atoms with Gasteiger partial charge in [-0.2, -0.15) is 0 Å². The van der Waals surface area contributed by atoms with Crippen LogP contribution < -0.4 is 5.32 Å². The number of nitrogens with one attached hydrogen (secondary N) is 1. The van der Waals surface area contributed by atoms with E-state index >= 15 is 0 Å². The summed E-state index contributed by atoms with van der Waals surface area (Å²) in [6.45, 7) is 9.12. The predicted octanol–water partition coefficient (Wildman–Crippen LogP) is 1.41. The molecule has 3 heteroatoms. The van der Waals surface area contributed by atoms with E-state index in [4.69, 9.17) is 0 Å². The van der Waals surface area contributed by atoms with Gasteiger partial charge in [-0.05, 0) is 19.5 Å². The minimum absolute atomic E-state index is 0.683. The lowest BCUT2D eigenvalue weighted by Crippen LogP contribution is -2.51. The first-order valence-electron chi connectivity index (χ1n) is 6.93. The van der Waals surface area contributed by atoms with Gasteiger partial charge in [-0.25, -0.2) is 0 Å². The molecule has 0 radical (unpaired) electrons. The van der Waals surface area contributed by atoms with Gasteiger partial charge in [0.15, 0.2) is 0 Å². The number of nitrogens with zero attached hydrogens (tertiary/aromatic N) is 2. The molecular weight excluding hydrogens is 222 g/mol. The third kappa shape index (κ3) is 4.09. The van der Waals surface area contributed by atoms with Gasteiger partial charge >= 0.3 is 0 Å². The van der Waals surface area contributed by atoms with Crippen LogP contribution in [-0.4, -0.2) is 55.6 Å². The summed E-state index contributed by atoms with van der Waals surface area (Å²) in [6, 6.07) is 11.3. The fourth-order valence-electron chi connectivity index (χ4n) is 2.56. The Bertz CT molecular complexity index is 339. The summed E-state index contributed by atoms with van der Waals surface area (Å²) < 4.78 is 0. The molecular formula is C15H25N3. The van der Waals surface area contributed by atoms with Crippen LogP contribution in [0.4, 0.5) is 0 Å². The largest absolute Gasteiger partial charge is 0.311 e. The van der Waals surface area contributed by atoms with Crippen LogP contribution in [0.25, 0.3) is 0 Å². The van der Waals surface area contributed by atoms with Crippen molar-refractivity contribution in [3.05, 3.63) is 35.9 Å². The zero-order valence-electron chi connectivity index (χ0n) is 11.6. The second-order valence-corrected chi connectivity index (χ2v) is 5.31. The standard InChI is InChI=1S/C15H25N3/c1-14-13-17(2)10-11-18(14)9-8-16-12-15-6-4-3-5-7-15/h3-7,14,16H,8-13H2,1-2H3. The van der Waals surface area contributed by atoms with Crippen LogP contribution in [0.1, 0.15) is 12.5 Å². The summed E-state index contributed by atoms with van der Waals surface area (Å²) in [5.41, 5.74) is 1.36. The van der Waals surface area contributed by atoms with Gasteiger partial charge in [-0.15, -0.1) is 0 Å². The van der Waals surface area contributed by atoms with Crippen molar-refractivity contribution in [2.45, 2.75) is 19.5 Å². The van der Waals surface area contributed by atoms with Crippen LogP contribution in [0.5, 0.6) is 0 Å². The Labute approximate surface area is 111 Å². The minimum Gasteiger partial charge on any atom is -0.311 e. The van der Waals surface area contributed by atoms with E-state index in [1.165, 1.54) is 25.2 Å². The monoisotopic (exact) mass is 247 g/mol. The molecule has 1 aliphatic heterocycles. The lowest BCUT2D eigenvalue weighted by atomic mass is 10.2. The highest BCUT2D eigenvalue weighted by Crippen LogP contribution is 2.06. The van der Waals surface area contributed by atoms with Crippen LogP contribution in [0.2, 0.25) is 0 Å². The first-order chi connectivity index (χ1) is 8.75. The Morgan fingerprint density at radius 2 is 2.00 bits per heavy atom. The maximum atomic E-state index is 3.53. The van der Waals surface area contributed by atoms with Gasteiger partial charge < -0.3 is 10.2 Å². The maximum absolute atomic E-state index is 3.53. The van der Waals surface area contributed by atoms with Gasteiger partial charge in [0.05, 0.1) is 0 Å². The van der Waals surface area contributed by atoms with Crippen LogP contribution in [-0.2, 0) is 6.54 Å². The van der Waals surface area contributed by atoms with Crippen molar-refractivity contribution < 1.29 is 0 Å². The molecule has 1 aromatic rings. The molecule has 0 aliphatic carbocycles. The number of hydrogen-bond donors (Lipinski definition) is 1. The Morgan fingerprint density at radius 1 is 1.22 bits per heavy atom. The van der Waals surface area contributed by atoms with Gasteiger partial charge in [0.1, 0.15) is 0 Å². The molecule has 3 nitrogen and oxygen atoms in total. The van der Waals surface area contributed by atoms with Crippen LogP contribution in [0, 0.1) is 0 Å². The average molecular weight is 247 g/mol. The zero-order valence-corrected chi connectivity index (χ0v) is 11.6. The lowest BCUT2D eigenvalue weighted by molar-refractivity contribution is 0.101. The molecule has 1 atom stereocenters. The second kappa shape index (κ2) is 6.88. The van der Waals surface area contributed by atoms with E-state index in [-0.39, 0.29) is 0 Å². The zero-order chi connectivity index (χ0) is 12.8. The van der Waals surface area contributed by atoms with Gasteiger partial charge in [-0.1, -0.05) is 30.3 Å². The molecule has 1 aliphatic rings. The summed E-state index contributed by atoms with van der Waals surface area (Å²) in [7, 11) is 2.21. The van der Waals surface area contributed by atoms with E-state index in [9.17, 15) is 0 Å². The van der Waals surface area contributed by atoms with Crippen LogP contribution >= 0.6 is 0 Å². The molecule has 1 heterocycles. The average Bonchev–Trinajstić information content (AvgIpc) is 2.38. The van der Waals surface area contributed by atoms with Crippen molar-refractivity contribution in [1.82, 2.24) is 15.1 Å². The number of likely N-dealkylation sites (N-methyl/N-ethyl adjacent to an activating group) is 1. The van der Waals surface area contributed by atoms with E-state index in [0.29, 0.717) is 6.04 Å². The predicted molar refractivity (Wildman–Crippen MR) is 76.7 cm³/mol. The van der Waals surface area contributed by atoms with E-state index in [1.54, 1.807) is 0 Å². The van der Waals surface area contributed by atoms with E-state index in [0.717, 1.165) is 19.6 Å². The van der Waals surface area contributed by atoms with Crippen molar-refractivity contribution in [2.24, 2.45) is 0 Å². The molecule has 1 aromatic carbocycles. The number of piperazine rings is 1. The third-order valence-electron chi connectivity index (χ3n) is 3.72. The third-order valence-corrected chi connectivity index (χ3v) is 3.72. The van der Waals surface area contributed by atoms with E-state index < -0.39 is 0 Å². The fourth-order valence-corrected chi connectivity index (χ4v) is 2.56. The summed E-state index contributed by atoms with van der Waals surface area (Å²) in [5, 5.41) is 3.53. The quantitative estimate of drug-likeness (QED) is 0.794. The normalized spacial score (nSPS) is 22.2. The van der Waals surface area contributed by atoms with Crippen molar-refractivity contribution >= 4 is 0 Å². The molecule has 0 aromatic heterocycles. The highest BCUT2D eigenvalue weighted by atomic mass is 15.3. The fraction of sp³-hybridized carbons (Fsp3) is 0.600. The topological polar surface area (TPSA) is 18.5 Å². The van der Waals surface area contributed by atoms with Crippen molar-refractivity contribution in [3.63, 3.8) is 0 Å². The number of rotatable bonds is 5. The molecule has 2 rings (SSSR count). The van der Waals surface area contributed by atoms with Gasteiger partial charge in [0.2, 0.25) is 0 Å². The first kappa shape index (κ1) is 13.5. The molecule has 100 valence electrons. The Kier molecular flexibility index (Phi) is 5.17. The summed E-state index contributed by atoms with van der Waals surface area (Å²) in [4.78, 5) is 5.00. The number of hydrogen-bond acceptors (Lipinski definition) is 3. The molecule has 0 bridgehead atoms. The maximum Gasteiger partial charge on any atom is 0.0206 e.